The molecule has 1 heterocycles. The summed E-state index contributed by atoms with van der Waals surface area (Å²) in [5.41, 5.74) is 6.33. The van der Waals surface area contributed by atoms with E-state index in [1.54, 1.807) is 18.3 Å². The molecule has 2 atom stereocenters. The molecule has 0 spiro atoms. The highest BCUT2D eigenvalue weighted by Crippen LogP contribution is 2.29. The van der Waals surface area contributed by atoms with E-state index in [1.807, 2.05) is 0 Å². The summed E-state index contributed by atoms with van der Waals surface area (Å²) in [6.45, 7) is 2.38. The van der Waals surface area contributed by atoms with Crippen LogP contribution in [0.3, 0.4) is 0 Å². The Morgan fingerprint density at radius 1 is 1.71 bits per heavy atom. The average molecular weight is 229 g/mol. The molecule has 1 aromatic rings. The maximum atomic E-state index is 12.0. The van der Waals surface area contributed by atoms with Crippen molar-refractivity contribution in [1.82, 2.24) is 10.3 Å². The summed E-state index contributed by atoms with van der Waals surface area (Å²) in [4.78, 5) is 16.0. The second kappa shape index (κ2) is 4.98. The second-order valence-electron chi connectivity index (χ2n) is 4.20. The Bertz CT molecular complexity index is 487. The van der Waals surface area contributed by atoms with Crippen molar-refractivity contribution in [1.29, 1.82) is 0 Å². The van der Waals surface area contributed by atoms with Crippen LogP contribution in [0.4, 0.5) is 0 Å². The summed E-state index contributed by atoms with van der Waals surface area (Å²) in [7, 11) is 0. The molecule has 1 fully saturated rings. The number of pyridine rings is 1. The fourth-order valence-corrected chi connectivity index (χ4v) is 1.59. The maximum absolute atomic E-state index is 12.0. The Labute approximate surface area is 101 Å². The minimum Gasteiger partial charge on any atom is -0.348 e. The van der Waals surface area contributed by atoms with Gasteiger partial charge in [-0.25, -0.2) is 4.98 Å². The second-order valence-corrected chi connectivity index (χ2v) is 4.20. The van der Waals surface area contributed by atoms with Crippen LogP contribution in [-0.2, 0) is 0 Å². The molecule has 0 aliphatic heterocycles. The van der Waals surface area contributed by atoms with Gasteiger partial charge in [-0.15, -0.1) is 0 Å². The van der Waals surface area contributed by atoms with E-state index in [0.717, 1.165) is 6.42 Å². The van der Waals surface area contributed by atoms with Crippen molar-refractivity contribution >= 4 is 5.91 Å². The third-order valence-corrected chi connectivity index (χ3v) is 2.77. The molecule has 2 rings (SSSR count). The number of aromatic nitrogens is 1. The first kappa shape index (κ1) is 11.6. The number of hydrogen-bond acceptors (Lipinski definition) is 3. The highest BCUT2D eigenvalue weighted by atomic mass is 16.2. The van der Waals surface area contributed by atoms with Crippen molar-refractivity contribution in [3.05, 3.63) is 29.6 Å². The SMILES string of the molecule is CC1CC1NC(=O)c1ncccc1C#CCN. The number of nitrogens with zero attached hydrogens (tertiary/aromatic N) is 1. The monoisotopic (exact) mass is 229 g/mol. The third-order valence-electron chi connectivity index (χ3n) is 2.77. The summed E-state index contributed by atoms with van der Waals surface area (Å²) >= 11 is 0. The summed E-state index contributed by atoms with van der Waals surface area (Å²) in [6, 6.07) is 3.83. The molecule has 1 saturated carbocycles. The van der Waals surface area contributed by atoms with Crippen LogP contribution in [0.15, 0.2) is 18.3 Å². The molecule has 0 saturated heterocycles. The topological polar surface area (TPSA) is 68.0 Å². The molecule has 88 valence electrons. The van der Waals surface area contributed by atoms with E-state index in [0.29, 0.717) is 23.2 Å². The largest absolute Gasteiger partial charge is 0.348 e. The van der Waals surface area contributed by atoms with Crippen molar-refractivity contribution in [2.75, 3.05) is 6.54 Å². The van der Waals surface area contributed by atoms with Crippen molar-refractivity contribution in [2.45, 2.75) is 19.4 Å². The molecule has 4 heteroatoms. The van der Waals surface area contributed by atoms with Gasteiger partial charge >= 0.3 is 0 Å². The number of nitrogens with two attached hydrogens (primary N) is 1. The first-order chi connectivity index (χ1) is 8.22. The molecule has 1 aromatic heterocycles. The average Bonchev–Trinajstić information content (AvgIpc) is 3.02. The zero-order valence-corrected chi connectivity index (χ0v) is 9.73. The summed E-state index contributed by atoms with van der Waals surface area (Å²) in [5, 5.41) is 2.94. The standard InChI is InChI=1S/C13H15N3O/c1-9-8-11(9)16-13(17)12-10(4-2-6-14)5-3-7-15-12/h3,5,7,9,11H,6,8,14H2,1H3,(H,16,17). The number of rotatable bonds is 2. The van der Waals surface area contributed by atoms with Crippen LogP contribution < -0.4 is 11.1 Å². The molecule has 3 N–H and O–H groups in total. The quantitative estimate of drug-likeness (QED) is 0.727. The number of carbonyl (C=O) groups excluding carboxylic acids is 1. The Morgan fingerprint density at radius 2 is 2.47 bits per heavy atom. The Hall–Kier alpha value is -1.86. The molecule has 1 aliphatic rings. The Balaban J connectivity index is 2.16. The predicted molar refractivity (Wildman–Crippen MR) is 65.2 cm³/mol. The summed E-state index contributed by atoms with van der Waals surface area (Å²) in [5.74, 6) is 6.01. The van der Waals surface area contributed by atoms with Gasteiger partial charge in [0.25, 0.3) is 5.91 Å². The van der Waals surface area contributed by atoms with Crippen LogP contribution in [0.1, 0.15) is 29.4 Å². The van der Waals surface area contributed by atoms with Crippen LogP contribution in [-0.4, -0.2) is 23.5 Å². The molecule has 0 bridgehead atoms. The van der Waals surface area contributed by atoms with E-state index in [9.17, 15) is 4.79 Å². The smallest absolute Gasteiger partial charge is 0.271 e. The summed E-state index contributed by atoms with van der Waals surface area (Å²) < 4.78 is 0. The number of carbonyl (C=O) groups is 1. The van der Waals surface area contributed by atoms with Gasteiger partial charge < -0.3 is 11.1 Å². The predicted octanol–water partition coefficient (Wildman–Crippen LogP) is 0.530. The van der Waals surface area contributed by atoms with Crippen LogP contribution in [0, 0.1) is 17.8 Å². The normalized spacial score (nSPS) is 21.3. The minimum atomic E-state index is -0.152. The van der Waals surface area contributed by atoms with E-state index >= 15 is 0 Å². The lowest BCUT2D eigenvalue weighted by Crippen LogP contribution is -2.28. The fourth-order valence-electron chi connectivity index (χ4n) is 1.59. The van der Waals surface area contributed by atoms with Crippen molar-refractivity contribution in [3.63, 3.8) is 0 Å². The first-order valence-corrected chi connectivity index (χ1v) is 5.67. The van der Waals surface area contributed by atoms with Gasteiger partial charge in [-0.3, -0.25) is 4.79 Å². The van der Waals surface area contributed by atoms with Crippen LogP contribution >= 0.6 is 0 Å². The zero-order chi connectivity index (χ0) is 12.3. The molecule has 0 radical (unpaired) electrons. The molecular formula is C13H15N3O. The van der Waals surface area contributed by atoms with Gasteiger partial charge in [-0.05, 0) is 24.5 Å². The molecule has 1 amide bonds. The van der Waals surface area contributed by atoms with E-state index < -0.39 is 0 Å². The van der Waals surface area contributed by atoms with Crippen molar-refractivity contribution in [2.24, 2.45) is 11.7 Å². The fraction of sp³-hybridized carbons (Fsp3) is 0.385. The number of nitrogens with one attached hydrogen (secondary N) is 1. The third kappa shape index (κ3) is 2.83. The lowest BCUT2D eigenvalue weighted by atomic mass is 10.2. The van der Waals surface area contributed by atoms with Gasteiger partial charge in [-0.1, -0.05) is 18.8 Å². The number of hydrogen-bond donors (Lipinski definition) is 2. The van der Waals surface area contributed by atoms with Crippen LogP contribution in [0.2, 0.25) is 0 Å². The van der Waals surface area contributed by atoms with Crippen molar-refractivity contribution in [3.8, 4) is 11.8 Å². The van der Waals surface area contributed by atoms with E-state index in [4.69, 9.17) is 5.73 Å². The van der Waals surface area contributed by atoms with Gasteiger partial charge in [0.1, 0.15) is 5.69 Å². The number of amides is 1. The lowest BCUT2D eigenvalue weighted by Gasteiger charge is -2.04. The molecule has 1 aliphatic carbocycles. The maximum Gasteiger partial charge on any atom is 0.271 e. The van der Waals surface area contributed by atoms with E-state index in [-0.39, 0.29) is 12.5 Å². The van der Waals surface area contributed by atoms with E-state index in [2.05, 4.69) is 29.1 Å². The van der Waals surface area contributed by atoms with Gasteiger partial charge in [0, 0.05) is 12.2 Å². The van der Waals surface area contributed by atoms with Gasteiger partial charge in [0.2, 0.25) is 0 Å². The van der Waals surface area contributed by atoms with Gasteiger partial charge in [-0.2, -0.15) is 0 Å². The van der Waals surface area contributed by atoms with Crippen LogP contribution in [0.25, 0.3) is 0 Å². The molecular weight excluding hydrogens is 214 g/mol. The molecule has 17 heavy (non-hydrogen) atoms. The highest BCUT2D eigenvalue weighted by molar-refractivity contribution is 5.95. The van der Waals surface area contributed by atoms with E-state index in [1.165, 1.54) is 0 Å². The summed E-state index contributed by atoms with van der Waals surface area (Å²) in [6.07, 6.45) is 2.64. The molecule has 4 nitrogen and oxygen atoms in total. The highest BCUT2D eigenvalue weighted by Gasteiger charge is 2.34. The first-order valence-electron chi connectivity index (χ1n) is 5.67. The minimum absolute atomic E-state index is 0.152. The Kier molecular flexibility index (Phi) is 3.40. The Morgan fingerprint density at radius 3 is 3.12 bits per heavy atom. The lowest BCUT2D eigenvalue weighted by molar-refractivity contribution is 0.0944. The molecule has 0 aromatic carbocycles. The molecule has 2 unspecified atom stereocenters. The van der Waals surface area contributed by atoms with Gasteiger partial charge in [0.15, 0.2) is 0 Å². The van der Waals surface area contributed by atoms with Crippen molar-refractivity contribution < 1.29 is 4.79 Å². The zero-order valence-electron chi connectivity index (χ0n) is 9.73. The van der Waals surface area contributed by atoms with Crippen LogP contribution in [0.5, 0.6) is 0 Å². The van der Waals surface area contributed by atoms with Gasteiger partial charge in [0.05, 0.1) is 12.1 Å².